The quantitative estimate of drug-likeness (QED) is 0.650. The number of hydrogen-bond donors (Lipinski definition) is 0. The number of hydrogen-bond acceptors (Lipinski definition) is 2. The first kappa shape index (κ1) is 12.5. The standard InChI is InChI=1S/C18H15NO/c1-2-18(20)14-7-3-6-13(12-14)15-8-4-10-17-16(15)9-5-11-19-17/h3-12H,2H2,1H3. The van der Waals surface area contributed by atoms with Gasteiger partial charge in [-0.15, -0.1) is 0 Å². The van der Waals surface area contributed by atoms with Gasteiger partial charge in [0.25, 0.3) is 0 Å². The van der Waals surface area contributed by atoms with Gasteiger partial charge in [-0.2, -0.15) is 0 Å². The number of ketones is 1. The van der Waals surface area contributed by atoms with E-state index >= 15 is 0 Å². The number of nitrogens with zero attached hydrogens (tertiary/aromatic N) is 1. The second-order valence-electron chi connectivity index (χ2n) is 4.73. The highest BCUT2D eigenvalue weighted by Gasteiger charge is 2.07. The zero-order chi connectivity index (χ0) is 13.9. The van der Waals surface area contributed by atoms with E-state index in [0.717, 1.165) is 27.6 Å². The van der Waals surface area contributed by atoms with E-state index in [1.54, 1.807) is 6.20 Å². The predicted octanol–water partition coefficient (Wildman–Crippen LogP) is 4.49. The van der Waals surface area contributed by atoms with Crippen LogP contribution in [0.25, 0.3) is 22.0 Å². The molecule has 0 fully saturated rings. The number of Topliss-reactive ketones (excluding diaryl/α,β-unsaturated/α-hetero) is 1. The van der Waals surface area contributed by atoms with E-state index in [9.17, 15) is 4.79 Å². The van der Waals surface area contributed by atoms with Crippen molar-refractivity contribution in [1.82, 2.24) is 4.98 Å². The van der Waals surface area contributed by atoms with Crippen molar-refractivity contribution in [1.29, 1.82) is 0 Å². The fourth-order valence-electron chi connectivity index (χ4n) is 2.42. The Hall–Kier alpha value is -2.48. The van der Waals surface area contributed by atoms with E-state index in [-0.39, 0.29) is 5.78 Å². The van der Waals surface area contributed by atoms with E-state index in [0.29, 0.717) is 6.42 Å². The molecule has 98 valence electrons. The fraction of sp³-hybridized carbons (Fsp3) is 0.111. The van der Waals surface area contributed by atoms with E-state index in [1.165, 1.54) is 0 Å². The van der Waals surface area contributed by atoms with Gasteiger partial charge in [0.05, 0.1) is 5.52 Å². The van der Waals surface area contributed by atoms with Crippen LogP contribution in [0.2, 0.25) is 0 Å². The lowest BCUT2D eigenvalue weighted by Gasteiger charge is -2.07. The van der Waals surface area contributed by atoms with Crippen molar-refractivity contribution >= 4 is 16.7 Å². The highest BCUT2D eigenvalue weighted by molar-refractivity contribution is 5.99. The van der Waals surface area contributed by atoms with Crippen molar-refractivity contribution in [3.05, 3.63) is 66.4 Å². The number of fused-ring (bicyclic) bond motifs is 1. The first-order valence-corrected chi connectivity index (χ1v) is 6.77. The summed E-state index contributed by atoms with van der Waals surface area (Å²) in [5.74, 6) is 0.171. The van der Waals surface area contributed by atoms with Gasteiger partial charge in [0.15, 0.2) is 5.78 Å². The molecule has 0 N–H and O–H groups in total. The maximum Gasteiger partial charge on any atom is 0.162 e. The molecule has 1 heterocycles. The van der Waals surface area contributed by atoms with Crippen LogP contribution in [0.5, 0.6) is 0 Å². The average Bonchev–Trinajstić information content (AvgIpc) is 2.53. The number of rotatable bonds is 3. The third-order valence-electron chi connectivity index (χ3n) is 3.46. The van der Waals surface area contributed by atoms with Crippen molar-refractivity contribution < 1.29 is 4.79 Å². The maximum atomic E-state index is 11.8. The Balaban J connectivity index is 2.18. The molecule has 0 aliphatic rings. The monoisotopic (exact) mass is 261 g/mol. The molecule has 0 radical (unpaired) electrons. The summed E-state index contributed by atoms with van der Waals surface area (Å²) in [6, 6.07) is 17.9. The number of aromatic nitrogens is 1. The van der Waals surface area contributed by atoms with E-state index in [1.807, 2.05) is 49.4 Å². The molecular weight excluding hydrogens is 246 g/mol. The van der Waals surface area contributed by atoms with Crippen LogP contribution in [0.15, 0.2) is 60.8 Å². The number of benzene rings is 2. The minimum atomic E-state index is 0.171. The Bertz CT molecular complexity index is 772. The Labute approximate surface area is 118 Å². The molecule has 20 heavy (non-hydrogen) atoms. The number of carbonyl (C=O) groups is 1. The van der Waals surface area contributed by atoms with Gasteiger partial charge in [-0.25, -0.2) is 0 Å². The van der Waals surface area contributed by atoms with Crippen LogP contribution in [-0.2, 0) is 0 Å². The van der Waals surface area contributed by atoms with Crippen molar-refractivity contribution in [2.24, 2.45) is 0 Å². The molecule has 1 aromatic heterocycles. The zero-order valence-electron chi connectivity index (χ0n) is 11.3. The number of pyridine rings is 1. The molecule has 0 amide bonds. The summed E-state index contributed by atoms with van der Waals surface area (Å²) in [6.45, 7) is 1.89. The van der Waals surface area contributed by atoms with Crippen molar-refractivity contribution in [2.45, 2.75) is 13.3 Å². The summed E-state index contributed by atoms with van der Waals surface area (Å²) in [5, 5.41) is 1.11. The topological polar surface area (TPSA) is 30.0 Å². The Morgan fingerprint density at radius 1 is 1.05 bits per heavy atom. The van der Waals surface area contributed by atoms with Crippen molar-refractivity contribution in [3.63, 3.8) is 0 Å². The highest BCUT2D eigenvalue weighted by atomic mass is 16.1. The number of carbonyl (C=O) groups excluding carboxylic acids is 1. The normalized spacial score (nSPS) is 10.7. The third kappa shape index (κ3) is 2.21. The molecule has 0 bridgehead atoms. The molecule has 0 saturated heterocycles. The molecule has 0 spiro atoms. The highest BCUT2D eigenvalue weighted by Crippen LogP contribution is 2.28. The molecule has 2 heteroatoms. The van der Waals surface area contributed by atoms with Crippen LogP contribution in [0.4, 0.5) is 0 Å². The van der Waals surface area contributed by atoms with Gasteiger partial charge in [0.1, 0.15) is 0 Å². The van der Waals surface area contributed by atoms with Gasteiger partial charge >= 0.3 is 0 Å². The molecule has 3 rings (SSSR count). The lowest BCUT2D eigenvalue weighted by molar-refractivity contribution is 0.0988. The summed E-state index contributed by atoms with van der Waals surface area (Å²) in [5.41, 5.74) is 3.91. The first-order chi connectivity index (χ1) is 9.79. The molecule has 2 nitrogen and oxygen atoms in total. The summed E-state index contributed by atoms with van der Waals surface area (Å²) >= 11 is 0. The Morgan fingerprint density at radius 3 is 2.75 bits per heavy atom. The minimum Gasteiger partial charge on any atom is -0.294 e. The van der Waals surface area contributed by atoms with Gasteiger partial charge in [-0.3, -0.25) is 9.78 Å². The third-order valence-corrected chi connectivity index (χ3v) is 3.46. The van der Waals surface area contributed by atoms with Crippen LogP contribution in [0.3, 0.4) is 0 Å². The second kappa shape index (κ2) is 5.25. The molecule has 0 aliphatic heterocycles. The van der Waals surface area contributed by atoms with Gasteiger partial charge in [0.2, 0.25) is 0 Å². The van der Waals surface area contributed by atoms with Gasteiger partial charge in [-0.05, 0) is 29.3 Å². The van der Waals surface area contributed by atoms with Crippen LogP contribution in [0.1, 0.15) is 23.7 Å². The average molecular weight is 261 g/mol. The van der Waals surface area contributed by atoms with Gasteiger partial charge in [0, 0.05) is 23.6 Å². The lowest BCUT2D eigenvalue weighted by Crippen LogP contribution is -1.96. The van der Waals surface area contributed by atoms with Gasteiger partial charge < -0.3 is 0 Å². The molecule has 3 aromatic rings. The van der Waals surface area contributed by atoms with Crippen molar-refractivity contribution in [3.8, 4) is 11.1 Å². The SMILES string of the molecule is CCC(=O)c1cccc(-c2cccc3ncccc23)c1. The predicted molar refractivity (Wildman–Crippen MR) is 81.8 cm³/mol. The van der Waals surface area contributed by atoms with Crippen molar-refractivity contribution in [2.75, 3.05) is 0 Å². The smallest absolute Gasteiger partial charge is 0.162 e. The van der Waals surface area contributed by atoms with E-state index in [2.05, 4.69) is 17.1 Å². The summed E-state index contributed by atoms with van der Waals surface area (Å²) in [6.07, 6.45) is 2.32. The van der Waals surface area contributed by atoms with Gasteiger partial charge in [-0.1, -0.05) is 43.3 Å². The molecule has 0 aliphatic carbocycles. The Kier molecular flexibility index (Phi) is 3.30. The maximum absolute atomic E-state index is 11.8. The van der Waals surface area contributed by atoms with Crippen LogP contribution < -0.4 is 0 Å². The summed E-state index contributed by atoms with van der Waals surface area (Å²) in [4.78, 5) is 16.2. The molecular formula is C18H15NO. The zero-order valence-corrected chi connectivity index (χ0v) is 11.3. The molecule has 0 atom stereocenters. The molecule has 0 saturated carbocycles. The molecule has 2 aromatic carbocycles. The minimum absolute atomic E-state index is 0.171. The first-order valence-electron chi connectivity index (χ1n) is 6.77. The molecule has 0 unspecified atom stereocenters. The van der Waals surface area contributed by atoms with Crippen LogP contribution in [-0.4, -0.2) is 10.8 Å². The fourth-order valence-corrected chi connectivity index (χ4v) is 2.42. The van der Waals surface area contributed by atoms with E-state index in [4.69, 9.17) is 0 Å². The van der Waals surface area contributed by atoms with Crippen LogP contribution >= 0.6 is 0 Å². The largest absolute Gasteiger partial charge is 0.294 e. The summed E-state index contributed by atoms with van der Waals surface area (Å²) < 4.78 is 0. The van der Waals surface area contributed by atoms with Crippen LogP contribution in [0, 0.1) is 0 Å². The second-order valence-corrected chi connectivity index (χ2v) is 4.73. The van der Waals surface area contributed by atoms with E-state index < -0.39 is 0 Å². The lowest BCUT2D eigenvalue weighted by atomic mass is 9.97. The summed E-state index contributed by atoms with van der Waals surface area (Å²) in [7, 11) is 0. The Morgan fingerprint density at radius 2 is 1.90 bits per heavy atom.